The van der Waals surface area contributed by atoms with Crippen LogP contribution in [0.4, 0.5) is 0 Å². The normalized spacial score (nSPS) is 14.1. The summed E-state index contributed by atoms with van der Waals surface area (Å²) in [7, 11) is 0. The second-order valence-electron chi connectivity index (χ2n) is 8.76. The maximum absolute atomic E-state index is 5.84. The van der Waals surface area contributed by atoms with Gasteiger partial charge < -0.3 is 9.47 Å². The third-order valence-electron chi connectivity index (χ3n) is 2.58. The van der Waals surface area contributed by atoms with Crippen LogP contribution in [0.3, 0.4) is 0 Å². The maximum Gasteiger partial charge on any atom is 0.0600 e. The van der Waals surface area contributed by atoms with E-state index < -0.39 is 0 Å². The molecule has 0 saturated carbocycles. The summed E-state index contributed by atoms with van der Waals surface area (Å²) in [5.74, 6) is 0. The van der Waals surface area contributed by atoms with E-state index in [9.17, 15) is 0 Å². The molecule has 0 bridgehead atoms. The summed E-state index contributed by atoms with van der Waals surface area (Å²) in [6, 6.07) is 0. The molecule has 0 atom stereocenters. The highest BCUT2D eigenvalue weighted by atomic mass is 16.5. The molecule has 0 unspecified atom stereocenters. The average Bonchev–Trinajstić information content (AvgIpc) is 2.10. The molecule has 0 aromatic heterocycles. The van der Waals surface area contributed by atoms with Gasteiger partial charge in [0.2, 0.25) is 0 Å². The lowest BCUT2D eigenvalue weighted by Gasteiger charge is -2.32. The van der Waals surface area contributed by atoms with E-state index in [4.69, 9.17) is 9.47 Å². The third kappa shape index (κ3) is 14.3. The van der Waals surface area contributed by atoms with E-state index in [2.05, 4.69) is 67.2 Å². The lowest BCUT2D eigenvalue weighted by Crippen LogP contribution is -2.39. The summed E-state index contributed by atoms with van der Waals surface area (Å²) in [5, 5.41) is 0. The standard InChI is InChI=1S/C17H37NO2/c1-15(2,3)14-18(10-12-19-16(4,5)6)11-13-20-17(7,8)9/h10-14H2,1-9H3. The first-order valence-electron chi connectivity index (χ1n) is 7.79. The molecule has 3 heteroatoms. The molecule has 3 nitrogen and oxygen atoms in total. The van der Waals surface area contributed by atoms with E-state index in [1.54, 1.807) is 0 Å². The van der Waals surface area contributed by atoms with Crippen molar-refractivity contribution in [3.8, 4) is 0 Å². The molecule has 0 N–H and O–H groups in total. The highest BCUT2D eigenvalue weighted by Crippen LogP contribution is 2.16. The Balaban J connectivity index is 4.21. The Morgan fingerprint density at radius 2 is 1.00 bits per heavy atom. The van der Waals surface area contributed by atoms with Crippen molar-refractivity contribution in [2.75, 3.05) is 32.8 Å². The van der Waals surface area contributed by atoms with Gasteiger partial charge in [0.1, 0.15) is 0 Å². The van der Waals surface area contributed by atoms with Crippen molar-refractivity contribution in [1.29, 1.82) is 0 Å². The van der Waals surface area contributed by atoms with Gasteiger partial charge in [0.15, 0.2) is 0 Å². The maximum atomic E-state index is 5.84. The van der Waals surface area contributed by atoms with Crippen LogP contribution in [0.2, 0.25) is 0 Å². The molecule has 0 aliphatic rings. The van der Waals surface area contributed by atoms with Gasteiger partial charge in [-0.2, -0.15) is 0 Å². The monoisotopic (exact) mass is 287 g/mol. The van der Waals surface area contributed by atoms with E-state index in [0.29, 0.717) is 5.41 Å². The molecule has 0 heterocycles. The molecule has 0 aromatic carbocycles. The van der Waals surface area contributed by atoms with E-state index in [1.807, 2.05) is 0 Å². The van der Waals surface area contributed by atoms with Gasteiger partial charge in [-0.05, 0) is 47.0 Å². The third-order valence-corrected chi connectivity index (χ3v) is 2.58. The van der Waals surface area contributed by atoms with Gasteiger partial charge in [-0.15, -0.1) is 0 Å². The molecule has 0 rings (SSSR count). The predicted octanol–water partition coefficient (Wildman–Crippen LogP) is 3.96. The molecule has 0 amide bonds. The summed E-state index contributed by atoms with van der Waals surface area (Å²) in [6.45, 7) is 24.0. The van der Waals surface area contributed by atoms with Gasteiger partial charge in [-0.3, -0.25) is 4.90 Å². The fourth-order valence-electron chi connectivity index (χ4n) is 1.90. The Bertz CT molecular complexity index is 236. The quantitative estimate of drug-likeness (QED) is 0.707. The first-order chi connectivity index (χ1) is 8.79. The molecular weight excluding hydrogens is 250 g/mol. The SMILES string of the molecule is CC(C)(C)CN(CCOC(C)(C)C)CCOC(C)(C)C. The Morgan fingerprint density at radius 1 is 0.650 bits per heavy atom. The van der Waals surface area contributed by atoms with Gasteiger partial charge in [0, 0.05) is 19.6 Å². The van der Waals surface area contributed by atoms with Crippen LogP contribution >= 0.6 is 0 Å². The first-order valence-corrected chi connectivity index (χ1v) is 7.79. The lowest BCUT2D eigenvalue weighted by molar-refractivity contribution is -0.0342. The Labute approximate surface area is 127 Å². The summed E-state index contributed by atoms with van der Waals surface area (Å²) in [6.07, 6.45) is 0. The van der Waals surface area contributed by atoms with E-state index in [-0.39, 0.29) is 11.2 Å². The zero-order valence-electron chi connectivity index (χ0n) is 15.3. The summed E-state index contributed by atoms with van der Waals surface area (Å²) < 4.78 is 11.7. The van der Waals surface area contributed by atoms with Gasteiger partial charge in [-0.1, -0.05) is 20.8 Å². The molecule has 0 aliphatic carbocycles. The zero-order chi connectivity index (χ0) is 16.0. The highest BCUT2D eigenvalue weighted by molar-refractivity contribution is 4.70. The van der Waals surface area contributed by atoms with E-state index >= 15 is 0 Å². The van der Waals surface area contributed by atoms with Crippen LogP contribution in [-0.4, -0.2) is 49.0 Å². The molecule has 0 aromatic rings. The molecule has 122 valence electrons. The van der Waals surface area contributed by atoms with Crippen molar-refractivity contribution in [2.24, 2.45) is 5.41 Å². The molecular formula is C17H37NO2. The Hall–Kier alpha value is -0.120. The van der Waals surface area contributed by atoms with Crippen LogP contribution in [-0.2, 0) is 9.47 Å². The van der Waals surface area contributed by atoms with Crippen molar-refractivity contribution < 1.29 is 9.47 Å². The molecule has 20 heavy (non-hydrogen) atoms. The topological polar surface area (TPSA) is 21.7 Å². The van der Waals surface area contributed by atoms with Crippen LogP contribution in [0.5, 0.6) is 0 Å². The van der Waals surface area contributed by atoms with Crippen molar-refractivity contribution in [1.82, 2.24) is 4.90 Å². The van der Waals surface area contributed by atoms with Crippen molar-refractivity contribution in [3.05, 3.63) is 0 Å². The average molecular weight is 287 g/mol. The first kappa shape index (κ1) is 19.9. The number of ether oxygens (including phenoxy) is 2. The summed E-state index contributed by atoms with van der Waals surface area (Å²) in [5.41, 5.74) is 0.175. The zero-order valence-corrected chi connectivity index (χ0v) is 15.3. The molecule has 0 saturated heterocycles. The predicted molar refractivity (Wildman–Crippen MR) is 87.3 cm³/mol. The highest BCUT2D eigenvalue weighted by Gasteiger charge is 2.18. The van der Waals surface area contributed by atoms with Gasteiger partial charge in [0.05, 0.1) is 24.4 Å². The second kappa shape index (κ2) is 7.77. The van der Waals surface area contributed by atoms with Crippen LogP contribution < -0.4 is 0 Å². The number of hydrogen-bond acceptors (Lipinski definition) is 3. The van der Waals surface area contributed by atoms with Crippen molar-refractivity contribution >= 4 is 0 Å². The molecule has 0 radical (unpaired) electrons. The fraction of sp³-hybridized carbons (Fsp3) is 1.00. The number of hydrogen-bond donors (Lipinski definition) is 0. The smallest absolute Gasteiger partial charge is 0.0600 e. The largest absolute Gasteiger partial charge is 0.375 e. The van der Waals surface area contributed by atoms with E-state index in [0.717, 1.165) is 32.8 Å². The molecule has 0 aliphatic heterocycles. The minimum absolute atomic E-state index is 0.0602. The molecule has 0 fully saturated rings. The molecule has 0 spiro atoms. The van der Waals surface area contributed by atoms with Crippen LogP contribution in [0, 0.1) is 5.41 Å². The van der Waals surface area contributed by atoms with E-state index in [1.165, 1.54) is 0 Å². The number of rotatable bonds is 7. The Morgan fingerprint density at radius 3 is 1.25 bits per heavy atom. The summed E-state index contributed by atoms with van der Waals surface area (Å²) in [4.78, 5) is 2.44. The van der Waals surface area contributed by atoms with Crippen molar-refractivity contribution in [3.63, 3.8) is 0 Å². The lowest BCUT2D eigenvalue weighted by atomic mass is 9.96. The van der Waals surface area contributed by atoms with Crippen LogP contribution in [0.15, 0.2) is 0 Å². The van der Waals surface area contributed by atoms with Gasteiger partial charge in [0.25, 0.3) is 0 Å². The van der Waals surface area contributed by atoms with Crippen molar-refractivity contribution in [2.45, 2.75) is 73.5 Å². The van der Waals surface area contributed by atoms with Gasteiger partial charge in [-0.25, -0.2) is 0 Å². The fourth-order valence-corrected chi connectivity index (χ4v) is 1.90. The van der Waals surface area contributed by atoms with Crippen LogP contribution in [0.25, 0.3) is 0 Å². The minimum atomic E-state index is -0.0602. The number of nitrogens with zero attached hydrogens (tertiary/aromatic N) is 1. The minimum Gasteiger partial charge on any atom is -0.375 e. The second-order valence-corrected chi connectivity index (χ2v) is 8.76. The summed E-state index contributed by atoms with van der Waals surface area (Å²) >= 11 is 0. The van der Waals surface area contributed by atoms with Crippen LogP contribution in [0.1, 0.15) is 62.3 Å². The Kier molecular flexibility index (Phi) is 7.72. The van der Waals surface area contributed by atoms with Gasteiger partial charge >= 0.3 is 0 Å².